The molecule has 0 spiro atoms. The van der Waals surface area contributed by atoms with Gasteiger partial charge in [0.2, 0.25) is 0 Å². The molecule has 2 rings (SSSR count). The summed E-state index contributed by atoms with van der Waals surface area (Å²) in [5, 5.41) is 9.99. The molecule has 114 valence electrons. The molecule has 1 aromatic rings. The highest BCUT2D eigenvalue weighted by molar-refractivity contribution is 5.31. The normalized spacial score (nSPS) is 17.1. The molecule has 1 saturated heterocycles. The zero-order valence-electron chi connectivity index (χ0n) is 12.0. The van der Waals surface area contributed by atoms with Crippen LogP contribution in [0.5, 0.6) is 11.5 Å². The molecule has 0 radical (unpaired) electrons. The number of aliphatic hydroxyl groups excluding tert-OH is 1. The van der Waals surface area contributed by atoms with Crippen molar-refractivity contribution in [2.75, 3.05) is 33.4 Å². The number of methoxy groups -OCH3 is 1. The molecule has 1 aliphatic heterocycles. The number of hydrogen-bond acceptors (Lipinski definition) is 3. The fraction of sp³-hybridized carbons (Fsp3) is 0.600. The average Bonchev–Trinajstić information content (AvgIpc) is 2.47. The first-order chi connectivity index (χ1) is 9.28. The maximum absolute atomic E-state index is 9.99. The van der Waals surface area contributed by atoms with Crippen molar-refractivity contribution in [3.8, 4) is 11.5 Å². The van der Waals surface area contributed by atoms with Gasteiger partial charge < -0.3 is 31.9 Å². The van der Waals surface area contributed by atoms with Gasteiger partial charge in [0.25, 0.3) is 0 Å². The van der Waals surface area contributed by atoms with Gasteiger partial charge in [-0.05, 0) is 43.5 Å². The van der Waals surface area contributed by atoms with Crippen LogP contribution >= 0.6 is 0 Å². The maximum atomic E-state index is 9.99. The van der Waals surface area contributed by atoms with Gasteiger partial charge in [0.1, 0.15) is 30.8 Å². The van der Waals surface area contributed by atoms with Crippen molar-refractivity contribution < 1.29 is 31.9 Å². The van der Waals surface area contributed by atoms with Crippen LogP contribution in [0.3, 0.4) is 0 Å². The third-order valence-electron chi connectivity index (χ3n) is 3.59. The van der Waals surface area contributed by atoms with E-state index in [4.69, 9.17) is 9.47 Å². The van der Waals surface area contributed by atoms with Crippen molar-refractivity contribution in [3.63, 3.8) is 0 Å². The summed E-state index contributed by atoms with van der Waals surface area (Å²) in [5.41, 5.74) is 0. The van der Waals surface area contributed by atoms with Crippen LogP contribution in [0.25, 0.3) is 0 Å². The lowest BCUT2D eigenvalue weighted by Gasteiger charge is -2.25. The molecule has 1 unspecified atom stereocenters. The van der Waals surface area contributed by atoms with Gasteiger partial charge in [-0.15, -0.1) is 0 Å². The van der Waals surface area contributed by atoms with E-state index in [2.05, 4.69) is 0 Å². The summed E-state index contributed by atoms with van der Waals surface area (Å²) in [6.07, 6.45) is 3.50. The second-order valence-corrected chi connectivity index (χ2v) is 5.16. The summed E-state index contributed by atoms with van der Waals surface area (Å²) in [5.74, 6) is 1.58. The van der Waals surface area contributed by atoms with Crippen molar-refractivity contribution in [2.24, 2.45) is 0 Å². The van der Waals surface area contributed by atoms with Crippen LogP contribution in [0.4, 0.5) is 0 Å². The van der Waals surface area contributed by atoms with Crippen LogP contribution in [0.15, 0.2) is 24.3 Å². The standard InChI is InChI=1S/C15H23NO3.ClH/c1-18-14-5-7-15(8-6-14)19-12-13(17)11-16-9-3-2-4-10-16;/h5-8,13,17H,2-4,9-12H2,1H3;1H. The zero-order valence-corrected chi connectivity index (χ0v) is 12.7. The molecular formula is C15H24ClNO3. The van der Waals surface area contributed by atoms with Crippen molar-refractivity contribution in [1.29, 1.82) is 0 Å². The van der Waals surface area contributed by atoms with E-state index in [-0.39, 0.29) is 12.4 Å². The minimum atomic E-state index is -0.393. The van der Waals surface area contributed by atoms with Gasteiger partial charge in [0.05, 0.1) is 20.2 Å². The second kappa shape index (κ2) is 9.06. The van der Waals surface area contributed by atoms with E-state index in [1.807, 2.05) is 24.3 Å². The van der Waals surface area contributed by atoms with Gasteiger partial charge in [-0.25, -0.2) is 0 Å². The molecule has 1 heterocycles. The van der Waals surface area contributed by atoms with E-state index in [9.17, 15) is 5.11 Å². The van der Waals surface area contributed by atoms with Crippen LogP contribution in [0.2, 0.25) is 0 Å². The number of aliphatic hydroxyl groups is 1. The van der Waals surface area contributed by atoms with Gasteiger partial charge in [-0.1, -0.05) is 0 Å². The number of ether oxygens (including phenoxy) is 2. The molecule has 0 aromatic heterocycles. The van der Waals surface area contributed by atoms with E-state index >= 15 is 0 Å². The van der Waals surface area contributed by atoms with Crippen LogP contribution in [-0.4, -0.2) is 44.6 Å². The Kier molecular flexibility index (Phi) is 7.73. The number of quaternary nitrogens is 1. The van der Waals surface area contributed by atoms with Crippen molar-refractivity contribution in [3.05, 3.63) is 24.3 Å². The zero-order chi connectivity index (χ0) is 13.5. The Balaban J connectivity index is 0.00000200. The fourth-order valence-electron chi connectivity index (χ4n) is 2.51. The molecule has 1 fully saturated rings. The smallest absolute Gasteiger partial charge is 0.137 e. The van der Waals surface area contributed by atoms with Crippen molar-refractivity contribution >= 4 is 0 Å². The topological polar surface area (TPSA) is 43.1 Å². The first-order valence-corrected chi connectivity index (χ1v) is 7.06. The Morgan fingerprint density at radius 1 is 1.10 bits per heavy atom. The number of likely N-dealkylation sites (tertiary alicyclic amines) is 1. The van der Waals surface area contributed by atoms with Gasteiger partial charge in [0.15, 0.2) is 0 Å². The van der Waals surface area contributed by atoms with Gasteiger partial charge in [-0.3, -0.25) is 0 Å². The van der Waals surface area contributed by atoms with Crippen LogP contribution in [0, 0.1) is 0 Å². The summed E-state index contributed by atoms with van der Waals surface area (Å²) in [7, 11) is 1.64. The SMILES string of the molecule is COc1ccc(OCC(O)C[NH+]2CCCCC2)cc1.[Cl-]. The molecule has 20 heavy (non-hydrogen) atoms. The summed E-state index contributed by atoms with van der Waals surface area (Å²) < 4.78 is 10.7. The first kappa shape index (κ1) is 17.1. The van der Waals surface area contributed by atoms with E-state index in [0.717, 1.165) is 18.0 Å². The number of nitrogens with one attached hydrogen (secondary N) is 1. The van der Waals surface area contributed by atoms with E-state index in [0.29, 0.717) is 6.61 Å². The van der Waals surface area contributed by atoms with E-state index in [1.165, 1.54) is 37.3 Å². The van der Waals surface area contributed by atoms with Gasteiger partial charge in [-0.2, -0.15) is 0 Å². The molecule has 5 heteroatoms. The molecule has 0 saturated carbocycles. The van der Waals surface area contributed by atoms with Crippen LogP contribution < -0.4 is 26.8 Å². The van der Waals surface area contributed by atoms with Gasteiger partial charge >= 0.3 is 0 Å². The number of rotatable bonds is 6. The van der Waals surface area contributed by atoms with E-state index < -0.39 is 6.10 Å². The Labute approximate surface area is 127 Å². The molecule has 2 N–H and O–H groups in total. The highest BCUT2D eigenvalue weighted by atomic mass is 35.5. The summed E-state index contributed by atoms with van der Waals surface area (Å²) in [6, 6.07) is 7.44. The lowest BCUT2D eigenvalue weighted by Crippen LogP contribution is -3.14. The first-order valence-electron chi connectivity index (χ1n) is 7.06. The Morgan fingerprint density at radius 3 is 2.30 bits per heavy atom. The van der Waals surface area contributed by atoms with Gasteiger partial charge in [0, 0.05) is 0 Å². The molecule has 4 nitrogen and oxygen atoms in total. The minimum absolute atomic E-state index is 0. The van der Waals surface area contributed by atoms with Crippen LogP contribution in [-0.2, 0) is 0 Å². The minimum Gasteiger partial charge on any atom is -1.00 e. The second-order valence-electron chi connectivity index (χ2n) is 5.16. The molecule has 0 amide bonds. The highest BCUT2D eigenvalue weighted by Gasteiger charge is 2.18. The third-order valence-corrected chi connectivity index (χ3v) is 3.59. The Hall–Kier alpha value is -0.970. The Bertz CT molecular complexity index is 366. The summed E-state index contributed by atoms with van der Waals surface area (Å²) in [6.45, 7) is 3.51. The maximum Gasteiger partial charge on any atom is 0.137 e. The average molecular weight is 302 g/mol. The molecule has 1 aromatic carbocycles. The van der Waals surface area contributed by atoms with Crippen molar-refractivity contribution in [2.45, 2.75) is 25.4 Å². The number of piperidine rings is 1. The molecule has 1 aliphatic rings. The predicted molar refractivity (Wildman–Crippen MR) is 73.9 cm³/mol. The molecule has 1 atom stereocenters. The predicted octanol–water partition coefficient (Wildman–Crippen LogP) is -2.49. The highest BCUT2D eigenvalue weighted by Crippen LogP contribution is 2.16. The summed E-state index contributed by atoms with van der Waals surface area (Å²) >= 11 is 0. The lowest BCUT2D eigenvalue weighted by atomic mass is 10.1. The lowest BCUT2D eigenvalue weighted by molar-refractivity contribution is -0.908. The largest absolute Gasteiger partial charge is 1.00 e. The number of hydrogen-bond donors (Lipinski definition) is 2. The van der Waals surface area contributed by atoms with E-state index in [1.54, 1.807) is 7.11 Å². The molecule has 0 aliphatic carbocycles. The van der Waals surface area contributed by atoms with Crippen LogP contribution in [0.1, 0.15) is 19.3 Å². The quantitative estimate of drug-likeness (QED) is 0.611. The Morgan fingerprint density at radius 2 is 1.70 bits per heavy atom. The monoisotopic (exact) mass is 301 g/mol. The molecule has 0 bridgehead atoms. The third kappa shape index (κ3) is 5.57. The summed E-state index contributed by atoms with van der Waals surface area (Å²) in [4.78, 5) is 1.50. The fourth-order valence-corrected chi connectivity index (χ4v) is 2.51. The van der Waals surface area contributed by atoms with Crippen molar-refractivity contribution in [1.82, 2.24) is 0 Å². The number of benzene rings is 1. The molecular weight excluding hydrogens is 278 g/mol. The number of halogens is 1.